The molecule has 0 rings (SSSR count). The largest absolute Gasteiger partial charge is 0.303 e. The van der Waals surface area contributed by atoms with Gasteiger partial charge < -0.3 is 4.90 Å². The van der Waals surface area contributed by atoms with Crippen LogP contribution in [0.1, 0.15) is 19.8 Å². The van der Waals surface area contributed by atoms with Crippen molar-refractivity contribution >= 4 is 12.4 Å². The van der Waals surface area contributed by atoms with E-state index in [1.165, 1.54) is 12.8 Å². The van der Waals surface area contributed by atoms with Gasteiger partial charge in [-0.05, 0) is 20.5 Å². The Bertz CT molecular complexity index is 81.3. The van der Waals surface area contributed by atoms with Crippen LogP contribution in [0.3, 0.4) is 0 Å². The van der Waals surface area contributed by atoms with Gasteiger partial charge in [0, 0.05) is 6.04 Å². The van der Waals surface area contributed by atoms with Crippen molar-refractivity contribution < 1.29 is 0 Å². The average molecular weight is 164 g/mol. The Balaban J connectivity index is 0. The minimum atomic E-state index is 0. The van der Waals surface area contributed by atoms with Crippen LogP contribution < -0.4 is 0 Å². The predicted octanol–water partition coefficient (Wildman–Crippen LogP) is 2.32. The highest BCUT2D eigenvalue weighted by atomic mass is 35.5. The van der Waals surface area contributed by atoms with Crippen LogP contribution in [0.4, 0.5) is 0 Å². The molecule has 0 N–H and O–H groups in total. The van der Waals surface area contributed by atoms with Crippen LogP contribution in [0.25, 0.3) is 0 Å². The summed E-state index contributed by atoms with van der Waals surface area (Å²) in [6.45, 7) is 5.95. The summed E-state index contributed by atoms with van der Waals surface area (Å²) in [5, 5.41) is 0. The second-order valence-corrected chi connectivity index (χ2v) is 2.56. The van der Waals surface area contributed by atoms with Crippen LogP contribution in [0, 0.1) is 0 Å². The maximum atomic E-state index is 3.76. The van der Waals surface area contributed by atoms with E-state index in [0.717, 1.165) is 0 Å². The van der Waals surface area contributed by atoms with Crippen LogP contribution >= 0.6 is 12.4 Å². The fourth-order valence-corrected chi connectivity index (χ4v) is 0.883. The second-order valence-electron chi connectivity index (χ2n) is 2.56. The topological polar surface area (TPSA) is 3.24 Å². The number of likely N-dealkylation sites (N-methyl/N-ethyl adjacent to an activating group) is 1. The van der Waals surface area contributed by atoms with Crippen molar-refractivity contribution in [1.82, 2.24) is 4.90 Å². The summed E-state index contributed by atoms with van der Waals surface area (Å²) < 4.78 is 0. The Morgan fingerprint density at radius 2 is 2.00 bits per heavy atom. The van der Waals surface area contributed by atoms with Gasteiger partial charge in [-0.1, -0.05) is 19.4 Å². The number of halogens is 1. The first-order chi connectivity index (χ1) is 4.22. The molecule has 0 spiro atoms. The molecule has 0 amide bonds. The Morgan fingerprint density at radius 1 is 1.50 bits per heavy atom. The van der Waals surface area contributed by atoms with Gasteiger partial charge in [-0.25, -0.2) is 0 Å². The fourth-order valence-electron chi connectivity index (χ4n) is 0.883. The lowest BCUT2D eigenvalue weighted by Gasteiger charge is -2.19. The maximum Gasteiger partial charge on any atom is 0.0269 e. The van der Waals surface area contributed by atoms with Crippen LogP contribution in [0.2, 0.25) is 0 Å². The van der Waals surface area contributed by atoms with Gasteiger partial charge in [-0.15, -0.1) is 19.0 Å². The molecule has 0 aromatic heterocycles. The molecular weight excluding hydrogens is 146 g/mol. The van der Waals surface area contributed by atoms with Gasteiger partial charge in [0.15, 0.2) is 0 Å². The summed E-state index contributed by atoms with van der Waals surface area (Å²) in [5.41, 5.74) is 0. The standard InChI is InChI=1S/C8H17N.ClH/c1-5-7-8(6-2)9(3)4;/h6,8H,2,5,7H2,1,3-4H3;1H. The lowest BCUT2D eigenvalue weighted by Crippen LogP contribution is -2.25. The smallest absolute Gasteiger partial charge is 0.0269 e. The number of nitrogens with zero attached hydrogens (tertiary/aromatic N) is 1. The third-order valence-corrected chi connectivity index (χ3v) is 1.52. The summed E-state index contributed by atoms with van der Waals surface area (Å²) in [4.78, 5) is 2.19. The van der Waals surface area contributed by atoms with Gasteiger partial charge in [0.05, 0.1) is 0 Å². The minimum Gasteiger partial charge on any atom is -0.303 e. The quantitative estimate of drug-likeness (QED) is 0.575. The van der Waals surface area contributed by atoms with Crippen molar-refractivity contribution in [2.45, 2.75) is 25.8 Å². The molecule has 0 aromatic rings. The van der Waals surface area contributed by atoms with Gasteiger partial charge in [0.25, 0.3) is 0 Å². The van der Waals surface area contributed by atoms with E-state index in [4.69, 9.17) is 0 Å². The molecule has 0 aromatic carbocycles. The minimum absolute atomic E-state index is 0. The normalized spacial score (nSPS) is 12.4. The Kier molecular flexibility index (Phi) is 8.98. The van der Waals surface area contributed by atoms with E-state index < -0.39 is 0 Å². The fraction of sp³-hybridized carbons (Fsp3) is 0.750. The van der Waals surface area contributed by atoms with Crippen LogP contribution in [0.5, 0.6) is 0 Å². The maximum absolute atomic E-state index is 3.76. The third kappa shape index (κ3) is 4.83. The van der Waals surface area contributed by atoms with E-state index in [2.05, 4.69) is 32.5 Å². The van der Waals surface area contributed by atoms with Crippen LogP contribution in [-0.4, -0.2) is 25.0 Å². The average Bonchev–Trinajstić information content (AvgIpc) is 1.82. The molecule has 0 fully saturated rings. The first-order valence-corrected chi connectivity index (χ1v) is 3.51. The first-order valence-electron chi connectivity index (χ1n) is 3.51. The van der Waals surface area contributed by atoms with Crippen molar-refractivity contribution in [2.24, 2.45) is 0 Å². The molecule has 1 nitrogen and oxygen atoms in total. The summed E-state index contributed by atoms with van der Waals surface area (Å²) >= 11 is 0. The van der Waals surface area contributed by atoms with Gasteiger partial charge in [-0.2, -0.15) is 0 Å². The molecule has 1 unspecified atom stereocenters. The molecule has 0 bridgehead atoms. The van der Waals surface area contributed by atoms with E-state index in [9.17, 15) is 0 Å². The predicted molar refractivity (Wildman–Crippen MR) is 49.8 cm³/mol. The molecule has 0 aliphatic carbocycles. The molecule has 0 aliphatic heterocycles. The molecule has 10 heavy (non-hydrogen) atoms. The second kappa shape index (κ2) is 7.10. The van der Waals surface area contributed by atoms with Crippen LogP contribution in [0.15, 0.2) is 12.7 Å². The summed E-state index contributed by atoms with van der Waals surface area (Å²) in [7, 11) is 4.17. The van der Waals surface area contributed by atoms with Crippen molar-refractivity contribution in [1.29, 1.82) is 0 Å². The van der Waals surface area contributed by atoms with E-state index in [1.807, 2.05) is 6.08 Å². The lowest BCUT2D eigenvalue weighted by atomic mass is 10.1. The van der Waals surface area contributed by atoms with Crippen molar-refractivity contribution in [2.75, 3.05) is 14.1 Å². The molecule has 0 aliphatic rings. The van der Waals surface area contributed by atoms with E-state index in [1.54, 1.807) is 0 Å². The Hall–Kier alpha value is -0.0100. The van der Waals surface area contributed by atoms with E-state index >= 15 is 0 Å². The Labute approximate surface area is 70.5 Å². The summed E-state index contributed by atoms with van der Waals surface area (Å²) in [6, 6.07) is 0.565. The van der Waals surface area contributed by atoms with Crippen molar-refractivity contribution in [3.8, 4) is 0 Å². The van der Waals surface area contributed by atoms with Gasteiger partial charge in [0.2, 0.25) is 0 Å². The zero-order valence-electron chi connectivity index (χ0n) is 7.13. The molecular formula is C8H18ClN. The number of hydrogen-bond donors (Lipinski definition) is 0. The molecule has 2 heteroatoms. The lowest BCUT2D eigenvalue weighted by molar-refractivity contribution is 0.326. The third-order valence-electron chi connectivity index (χ3n) is 1.52. The molecule has 0 saturated carbocycles. The molecule has 62 valence electrons. The molecule has 0 heterocycles. The monoisotopic (exact) mass is 163 g/mol. The highest BCUT2D eigenvalue weighted by Gasteiger charge is 2.02. The highest BCUT2D eigenvalue weighted by Crippen LogP contribution is 2.02. The van der Waals surface area contributed by atoms with Gasteiger partial charge >= 0.3 is 0 Å². The zero-order valence-corrected chi connectivity index (χ0v) is 7.95. The first kappa shape index (κ1) is 12.6. The van der Waals surface area contributed by atoms with Crippen molar-refractivity contribution in [3.63, 3.8) is 0 Å². The zero-order chi connectivity index (χ0) is 7.28. The van der Waals surface area contributed by atoms with Gasteiger partial charge in [-0.3, -0.25) is 0 Å². The van der Waals surface area contributed by atoms with E-state index in [0.29, 0.717) is 6.04 Å². The summed E-state index contributed by atoms with van der Waals surface area (Å²) in [5.74, 6) is 0. The Morgan fingerprint density at radius 3 is 2.10 bits per heavy atom. The molecule has 1 atom stereocenters. The SMILES string of the molecule is C=CC(CCC)N(C)C.Cl. The van der Waals surface area contributed by atoms with Gasteiger partial charge in [0.1, 0.15) is 0 Å². The number of rotatable bonds is 4. The van der Waals surface area contributed by atoms with E-state index in [-0.39, 0.29) is 12.4 Å². The molecule has 0 saturated heterocycles. The van der Waals surface area contributed by atoms with Crippen molar-refractivity contribution in [3.05, 3.63) is 12.7 Å². The highest BCUT2D eigenvalue weighted by molar-refractivity contribution is 5.85. The number of hydrogen-bond acceptors (Lipinski definition) is 1. The van der Waals surface area contributed by atoms with Crippen LogP contribution in [-0.2, 0) is 0 Å². The summed E-state index contributed by atoms with van der Waals surface area (Å²) in [6.07, 6.45) is 4.45. The molecule has 0 radical (unpaired) electrons.